The summed E-state index contributed by atoms with van der Waals surface area (Å²) in [7, 11) is 1.43. The van der Waals surface area contributed by atoms with E-state index in [-0.39, 0.29) is 5.97 Å². The van der Waals surface area contributed by atoms with Crippen molar-refractivity contribution >= 4 is 5.97 Å². The summed E-state index contributed by atoms with van der Waals surface area (Å²) < 4.78 is 4.60. The Hall–Kier alpha value is -0.610. The summed E-state index contributed by atoms with van der Waals surface area (Å²) in [6.45, 7) is 1.66. The first kappa shape index (κ1) is 13.5. The number of hydrogen-bond donors (Lipinski definition) is 2. The Bertz CT molecular complexity index is 209. The van der Waals surface area contributed by atoms with Gasteiger partial charge in [-0.1, -0.05) is 12.8 Å². The second-order valence-electron chi connectivity index (χ2n) is 4.52. The van der Waals surface area contributed by atoms with Crippen LogP contribution in [-0.2, 0) is 9.53 Å². The molecular formula is C12H24N2O2. The molecule has 1 saturated carbocycles. The number of carbonyl (C=O) groups excluding carboxylic acids is 1. The van der Waals surface area contributed by atoms with Gasteiger partial charge in [0.05, 0.1) is 7.11 Å². The van der Waals surface area contributed by atoms with E-state index < -0.39 is 0 Å². The highest BCUT2D eigenvalue weighted by molar-refractivity contribution is 5.69. The van der Waals surface area contributed by atoms with Crippen LogP contribution in [0.3, 0.4) is 0 Å². The van der Waals surface area contributed by atoms with Crippen LogP contribution in [0.5, 0.6) is 0 Å². The van der Waals surface area contributed by atoms with E-state index in [0.717, 1.165) is 19.5 Å². The molecule has 0 aromatic rings. The van der Waals surface area contributed by atoms with Crippen molar-refractivity contribution in [1.29, 1.82) is 0 Å². The molecule has 1 aliphatic rings. The van der Waals surface area contributed by atoms with Crippen molar-refractivity contribution in [3.05, 3.63) is 0 Å². The van der Waals surface area contributed by atoms with Gasteiger partial charge < -0.3 is 15.8 Å². The second kappa shape index (κ2) is 7.63. The highest BCUT2D eigenvalue weighted by Gasteiger charge is 2.22. The fourth-order valence-corrected chi connectivity index (χ4v) is 2.38. The van der Waals surface area contributed by atoms with E-state index in [4.69, 9.17) is 5.73 Å². The molecule has 0 aromatic carbocycles. The van der Waals surface area contributed by atoms with Crippen LogP contribution in [0.25, 0.3) is 0 Å². The van der Waals surface area contributed by atoms with Crippen molar-refractivity contribution in [3.63, 3.8) is 0 Å². The molecule has 2 atom stereocenters. The molecule has 4 heteroatoms. The summed E-state index contributed by atoms with van der Waals surface area (Å²) in [5, 5.41) is 3.51. The lowest BCUT2D eigenvalue weighted by molar-refractivity contribution is -0.140. The number of nitrogens with two attached hydrogens (primary N) is 1. The lowest BCUT2D eigenvalue weighted by Gasteiger charge is -2.31. The molecule has 3 N–H and O–H groups in total. The second-order valence-corrected chi connectivity index (χ2v) is 4.52. The van der Waals surface area contributed by atoms with Crippen LogP contribution in [0.4, 0.5) is 0 Å². The van der Waals surface area contributed by atoms with Gasteiger partial charge in [0.2, 0.25) is 0 Å². The van der Waals surface area contributed by atoms with Crippen LogP contribution in [0.1, 0.15) is 38.5 Å². The maximum Gasteiger partial charge on any atom is 0.305 e. The van der Waals surface area contributed by atoms with E-state index in [1.165, 1.54) is 32.8 Å². The quantitative estimate of drug-likeness (QED) is 0.527. The van der Waals surface area contributed by atoms with Crippen molar-refractivity contribution in [2.24, 2.45) is 11.7 Å². The average Bonchev–Trinajstić information content (AvgIpc) is 2.34. The number of methoxy groups -OCH3 is 1. The molecule has 0 heterocycles. The van der Waals surface area contributed by atoms with Crippen LogP contribution >= 0.6 is 0 Å². The first-order valence-corrected chi connectivity index (χ1v) is 6.28. The van der Waals surface area contributed by atoms with Crippen molar-refractivity contribution in [2.75, 3.05) is 20.2 Å². The molecular weight excluding hydrogens is 204 g/mol. The number of nitrogens with one attached hydrogen (secondary N) is 1. The zero-order valence-electron chi connectivity index (χ0n) is 10.2. The largest absolute Gasteiger partial charge is 0.469 e. The molecule has 1 aliphatic carbocycles. The summed E-state index contributed by atoms with van der Waals surface area (Å²) in [6, 6.07) is 0.552. The Balaban J connectivity index is 2.13. The van der Waals surface area contributed by atoms with Gasteiger partial charge in [-0.2, -0.15) is 0 Å². The minimum Gasteiger partial charge on any atom is -0.469 e. The Morgan fingerprint density at radius 1 is 1.44 bits per heavy atom. The molecule has 0 spiro atoms. The monoisotopic (exact) mass is 228 g/mol. The Morgan fingerprint density at radius 2 is 2.19 bits per heavy atom. The van der Waals surface area contributed by atoms with Crippen LogP contribution in [-0.4, -0.2) is 32.2 Å². The van der Waals surface area contributed by atoms with Gasteiger partial charge in [0.15, 0.2) is 0 Å². The summed E-state index contributed by atoms with van der Waals surface area (Å²) in [4.78, 5) is 10.9. The number of ether oxygens (including phenoxy) is 1. The van der Waals surface area contributed by atoms with Crippen molar-refractivity contribution in [2.45, 2.75) is 44.6 Å². The van der Waals surface area contributed by atoms with Gasteiger partial charge in [0.25, 0.3) is 0 Å². The highest BCUT2D eigenvalue weighted by Crippen LogP contribution is 2.23. The minimum atomic E-state index is -0.124. The van der Waals surface area contributed by atoms with Gasteiger partial charge in [-0.25, -0.2) is 0 Å². The van der Waals surface area contributed by atoms with Crippen LogP contribution in [0.15, 0.2) is 0 Å². The maximum atomic E-state index is 10.9. The molecule has 0 bridgehead atoms. The number of carbonyl (C=O) groups is 1. The van der Waals surface area contributed by atoms with E-state index in [9.17, 15) is 4.79 Å². The summed E-state index contributed by atoms with van der Waals surface area (Å²) in [5.74, 6) is 0.493. The lowest BCUT2D eigenvalue weighted by atomic mass is 9.84. The Kier molecular flexibility index (Phi) is 6.42. The fourth-order valence-electron chi connectivity index (χ4n) is 2.38. The van der Waals surface area contributed by atoms with E-state index in [1.807, 2.05) is 0 Å². The predicted molar refractivity (Wildman–Crippen MR) is 64.1 cm³/mol. The Labute approximate surface area is 97.9 Å². The molecule has 0 aromatic heterocycles. The van der Waals surface area contributed by atoms with Crippen molar-refractivity contribution < 1.29 is 9.53 Å². The number of esters is 1. The van der Waals surface area contributed by atoms with Crippen molar-refractivity contribution in [3.8, 4) is 0 Å². The third-order valence-corrected chi connectivity index (χ3v) is 3.40. The fraction of sp³-hybridized carbons (Fsp3) is 0.917. The van der Waals surface area contributed by atoms with Crippen LogP contribution in [0.2, 0.25) is 0 Å². The lowest BCUT2D eigenvalue weighted by Crippen LogP contribution is -2.42. The smallest absolute Gasteiger partial charge is 0.305 e. The van der Waals surface area contributed by atoms with Gasteiger partial charge in [-0.15, -0.1) is 0 Å². The van der Waals surface area contributed by atoms with Gasteiger partial charge in [-0.05, 0) is 38.3 Å². The number of hydrogen-bond acceptors (Lipinski definition) is 4. The van der Waals surface area contributed by atoms with E-state index in [1.54, 1.807) is 0 Å². The van der Waals surface area contributed by atoms with Gasteiger partial charge in [0.1, 0.15) is 0 Å². The Morgan fingerprint density at radius 3 is 2.88 bits per heavy atom. The standard InChI is InChI=1S/C12H24N2O2/c1-16-12(15)7-4-8-14-11-6-3-2-5-10(11)9-13/h10-11,14H,2-9,13H2,1H3. The maximum absolute atomic E-state index is 10.9. The first-order valence-electron chi connectivity index (χ1n) is 6.28. The van der Waals surface area contributed by atoms with E-state index in [0.29, 0.717) is 18.4 Å². The molecule has 2 unspecified atom stereocenters. The first-order chi connectivity index (χ1) is 7.77. The molecule has 94 valence electrons. The molecule has 0 saturated heterocycles. The van der Waals surface area contributed by atoms with Gasteiger partial charge in [-0.3, -0.25) is 4.79 Å². The third kappa shape index (κ3) is 4.49. The van der Waals surface area contributed by atoms with Crippen LogP contribution < -0.4 is 11.1 Å². The summed E-state index contributed by atoms with van der Waals surface area (Å²) >= 11 is 0. The molecule has 0 radical (unpaired) electrons. The normalized spacial score (nSPS) is 25.4. The zero-order valence-corrected chi connectivity index (χ0v) is 10.2. The van der Waals surface area contributed by atoms with Crippen LogP contribution in [0, 0.1) is 5.92 Å². The zero-order chi connectivity index (χ0) is 11.8. The number of rotatable bonds is 6. The van der Waals surface area contributed by atoms with Gasteiger partial charge >= 0.3 is 5.97 Å². The molecule has 16 heavy (non-hydrogen) atoms. The minimum absolute atomic E-state index is 0.124. The third-order valence-electron chi connectivity index (χ3n) is 3.40. The van der Waals surface area contributed by atoms with E-state index in [2.05, 4.69) is 10.1 Å². The van der Waals surface area contributed by atoms with Gasteiger partial charge in [0, 0.05) is 12.5 Å². The molecule has 0 amide bonds. The highest BCUT2D eigenvalue weighted by atomic mass is 16.5. The average molecular weight is 228 g/mol. The molecule has 1 rings (SSSR count). The SMILES string of the molecule is COC(=O)CCCNC1CCCCC1CN. The summed E-state index contributed by atoms with van der Waals surface area (Å²) in [5.41, 5.74) is 5.75. The molecule has 1 fully saturated rings. The molecule has 0 aliphatic heterocycles. The predicted octanol–water partition coefficient (Wildman–Crippen LogP) is 1.05. The van der Waals surface area contributed by atoms with Crippen molar-refractivity contribution in [1.82, 2.24) is 5.32 Å². The topological polar surface area (TPSA) is 64.3 Å². The van der Waals surface area contributed by atoms with E-state index >= 15 is 0 Å². The summed E-state index contributed by atoms with van der Waals surface area (Å²) in [6.07, 6.45) is 6.42. The molecule has 4 nitrogen and oxygen atoms in total.